The van der Waals surface area contributed by atoms with Gasteiger partial charge in [0.2, 0.25) is 5.91 Å². The van der Waals surface area contributed by atoms with Gasteiger partial charge in [-0.05, 0) is 57.2 Å². The van der Waals surface area contributed by atoms with Crippen molar-refractivity contribution in [1.82, 2.24) is 10.2 Å². The van der Waals surface area contributed by atoms with Crippen LogP contribution in [-0.2, 0) is 11.3 Å². The maximum absolute atomic E-state index is 12.8. The van der Waals surface area contributed by atoms with Gasteiger partial charge in [-0.2, -0.15) is 0 Å². The summed E-state index contributed by atoms with van der Waals surface area (Å²) in [6, 6.07) is 6.55. The number of nitrogens with one attached hydrogen (secondary N) is 1. The molecule has 1 aliphatic rings. The smallest absolute Gasteiger partial charge is 0.269 e. The van der Waals surface area contributed by atoms with Gasteiger partial charge in [0.1, 0.15) is 0 Å². The number of benzene rings is 1. The van der Waals surface area contributed by atoms with E-state index in [9.17, 15) is 14.9 Å². The summed E-state index contributed by atoms with van der Waals surface area (Å²) in [4.78, 5) is 25.0. The van der Waals surface area contributed by atoms with Gasteiger partial charge in [0.15, 0.2) is 0 Å². The summed E-state index contributed by atoms with van der Waals surface area (Å²) in [7, 11) is 0. The Bertz CT molecular complexity index is 580. The van der Waals surface area contributed by atoms with Crippen molar-refractivity contribution in [3.05, 3.63) is 39.9 Å². The number of piperidine rings is 1. The number of nitrogens with zero attached hydrogens (tertiary/aromatic N) is 2. The summed E-state index contributed by atoms with van der Waals surface area (Å²) in [5.74, 6) is 1.08. The Hall–Kier alpha value is -1.95. The largest absolute Gasteiger partial charge is 0.336 e. The third kappa shape index (κ3) is 5.53. The Labute approximate surface area is 149 Å². The lowest BCUT2D eigenvalue weighted by molar-refractivity contribution is -0.384. The normalized spacial score (nSPS) is 18.8. The standard InChI is InChI=1S/C19H29N3O3/c1-14(2)21(13-16-6-8-18(9-7-16)22(24)25)19(23)11-15(3)17-5-4-10-20-12-17/h6-9,14-15,17,20H,4-5,10-13H2,1-3H3. The molecule has 1 aromatic rings. The summed E-state index contributed by atoms with van der Waals surface area (Å²) >= 11 is 0. The minimum Gasteiger partial charge on any atom is -0.336 e. The summed E-state index contributed by atoms with van der Waals surface area (Å²) in [6.07, 6.45) is 2.92. The van der Waals surface area contributed by atoms with Crippen molar-refractivity contribution in [1.29, 1.82) is 0 Å². The van der Waals surface area contributed by atoms with Crippen molar-refractivity contribution in [3.8, 4) is 0 Å². The molecule has 6 nitrogen and oxygen atoms in total. The van der Waals surface area contributed by atoms with Crippen molar-refractivity contribution in [2.24, 2.45) is 11.8 Å². The number of non-ortho nitro benzene ring substituents is 1. The fraction of sp³-hybridized carbons (Fsp3) is 0.632. The van der Waals surface area contributed by atoms with Crippen LogP contribution in [-0.4, -0.2) is 34.9 Å². The van der Waals surface area contributed by atoms with E-state index in [-0.39, 0.29) is 17.6 Å². The fourth-order valence-corrected chi connectivity index (χ4v) is 3.40. The van der Waals surface area contributed by atoms with E-state index in [4.69, 9.17) is 0 Å². The zero-order valence-corrected chi connectivity index (χ0v) is 15.4. The maximum atomic E-state index is 12.8. The second kappa shape index (κ2) is 8.94. The molecule has 0 aliphatic carbocycles. The lowest BCUT2D eigenvalue weighted by Crippen LogP contribution is -2.39. The molecule has 1 fully saturated rings. The minimum atomic E-state index is -0.408. The highest BCUT2D eigenvalue weighted by Crippen LogP contribution is 2.24. The number of nitro groups is 1. The molecule has 2 unspecified atom stereocenters. The molecule has 1 heterocycles. The molecule has 6 heteroatoms. The van der Waals surface area contributed by atoms with Gasteiger partial charge in [0.05, 0.1) is 4.92 Å². The third-order valence-electron chi connectivity index (χ3n) is 5.08. The molecule has 0 spiro atoms. The first-order valence-corrected chi connectivity index (χ1v) is 9.12. The fourth-order valence-electron chi connectivity index (χ4n) is 3.40. The molecule has 138 valence electrons. The van der Waals surface area contributed by atoms with E-state index >= 15 is 0 Å². The first kappa shape index (κ1) is 19.4. The summed E-state index contributed by atoms with van der Waals surface area (Å²) in [5, 5.41) is 14.2. The SMILES string of the molecule is CC(CC(=O)N(Cc1ccc([N+](=O)[O-])cc1)C(C)C)C1CCCNC1. The van der Waals surface area contributed by atoms with Gasteiger partial charge in [-0.25, -0.2) is 0 Å². The van der Waals surface area contributed by atoms with Crippen LogP contribution in [0.1, 0.15) is 45.6 Å². The van der Waals surface area contributed by atoms with Crippen molar-refractivity contribution < 1.29 is 9.72 Å². The lowest BCUT2D eigenvalue weighted by atomic mass is 9.85. The van der Waals surface area contributed by atoms with E-state index < -0.39 is 4.92 Å². The van der Waals surface area contributed by atoms with Crippen LogP contribution in [0.2, 0.25) is 0 Å². The molecule has 0 radical (unpaired) electrons. The van der Waals surface area contributed by atoms with Crippen molar-refractivity contribution in [3.63, 3.8) is 0 Å². The highest BCUT2D eigenvalue weighted by atomic mass is 16.6. The molecule has 2 rings (SSSR count). The maximum Gasteiger partial charge on any atom is 0.269 e. The summed E-state index contributed by atoms with van der Waals surface area (Å²) in [5.41, 5.74) is 0.990. The van der Waals surface area contributed by atoms with Crippen LogP contribution in [0.25, 0.3) is 0 Å². The Balaban J connectivity index is 1.98. The van der Waals surface area contributed by atoms with E-state index in [1.165, 1.54) is 25.0 Å². The van der Waals surface area contributed by atoms with Gasteiger partial charge in [-0.1, -0.05) is 19.1 Å². The molecule has 1 saturated heterocycles. The molecule has 1 aromatic carbocycles. The average Bonchev–Trinajstić information content (AvgIpc) is 2.60. The van der Waals surface area contributed by atoms with Crippen molar-refractivity contribution in [2.45, 2.75) is 52.6 Å². The Morgan fingerprint density at radius 1 is 1.32 bits per heavy atom. The molecule has 1 aliphatic heterocycles. The zero-order valence-electron chi connectivity index (χ0n) is 15.4. The molecule has 25 heavy (non-hydrogen) atoms. The number of amides is 1. The molecule has 0 aromatic heterocycles. The highest BCUT2D eigenvalue weighted by molar-refractivity contribution is 5.76. The van der Waals surface area contributed by atoms with Crippen LogP contribution in [0, 0.1) is 22.0 Å². The van der Waals surface area contributed by atoms with E-state index in [2.05, 4.69) is 12.2 Å². The first-order valence-electron chi connectivity index (χ1n) is 9.12. The second-order valence-electron chi connectivity index (χ2n) is 7.33. The zero-order chi connectivity index (χ0) is 18.4. The minimum absolute atomic E-state index is 0.0737. The van der Waals surface area contributed by atoms with E-state index in [0.29, 0.717) is 24.8 Å². The first-order chi connectivity index (χ1) is 11.9. The molecule has 0 bridgehead atoms. The van der Waals surface area contributed by atoms with Gasteiger partial charge in [-0.3, -0.25) is 14.9 Å². The van der Waals surface area contributed by atoms with Crippen LogP contribution >= 0.6 is 0 Å². The highest BCUT2D eigenvalue weighted by Gasteiger charge is 2.25. The molecule has 0 saturated carbocycles. The van der Waals surface area contributed by atoms with Gasteiger partial charge in [0.25, 0.3) is 5.69 Å². The predicted octanol–water partition coefficient (Wildman–Crippen LogP) is 3.36. The predicted molar refractivity (Wildman–Crippen MR) is 98.2 cm³/mol. The van der Waals surface area contributed by atoms with E-state index in [0.717, 1.165) is 18.7 Å². The molecule has 1 N–H and O–H groups in total. The van der Waals surface area contributed by atoms with Gasteiger partial charge < -0.3 is 10.2 Å². The lowest BCUT2D eigenvalue weighted by Gasteiger charge is -2.32. The van der Waals surface area contributed by atoms with Crippen molar-refractivity contribution in [2.75, 3.05) is 13.1 Å². The van der Waals surface area contributed by atoms with Crippen molar-refractivity contribution >= 4 is 11.6 Å². The van der Waals surface area contributed by atoms with Crippen LogP contribution < -0.4 is 5.32 Å². The van der Waals surface area contributed by atoms with E-state index in [1.54, 1.807) is 12.1 Å². The van der Waals surface area contributed by atoms with Crippen LogP contribution in [0.3, 0.4) is 0 Å². The number of rotatable bonds is 7. The number of nitro benzene ring substituents is 1. The van der Waals surface area contributed by atoms with Crippen LogP contribution in [0.5, 0.6) is 0 Å². The number of hydrogen-bond donors (Lipinski definition) is 1. The second-order valence-corrected chi connectivity index (χ2v) is 7.33. The number of carbonyl (C=O) groups is 1. The van der Waals surface area contributed by atoms with Gasteiger partial charge >= 0.3 is 0 Å². The molecular weight excluding hydrogens is 318 g/mol. The topological polar surface area (TPSA) is 75.5 Å². The van der Waals surface area contributed by atoms with Crippen LogP contribution in [0.4, 0.5) is 5.69 Å². The number of hydrogen-bond acceptors (Lipinski definition) is 4. The molecule has 2 atom stereocenters. The average molecular weight is 347 g/mol. The quantitative estimate of drug-likeness (QED) is 0.606. The summed E-state index contributed by atoms with van der Waals surface area (Å²) in [6.45, 7) is 8.75. The van der Waals surface area contributed by atoms with Gasteiger partial charge in [-0.15, -0.1) is 0 Å². The van der Waals surface area contributed by atoms with Gasteiger partial charge in [0, 0.05) is 31.1 Å². The molecular formula is C19H29N3O3. The third-order valence-corrected chi connectivity index (χ3v) is 5.08. The Morgan fingerprint density at radius 3 is 2.52 bits per heavy atom. The number of carbonyl (C=O) groups excluding carboxylic acids is 1. The summed E-state index contributed by atoms with van der Waals surface area (Å²) < 4.78 is 0. The Morgan fingerprint density at radius 2 is 2.00 bits per heavy atom. The monoisotopic (exact) mass is 347 g/mol. The molecule has 1 amide bonds. The Kier molecular flexibility index (Phi) is 6.93. The van der Waals surface area contributed by atoms with E-state index in [1.807, 2.05) is 18.7 Å². The van der Waals surface area contributed by atoms with Crippen LogP contribution in [0.15, 0.2) is 24.3 Å².